The van der Waals surface area contributed by atoms with Crippen molar-refractivity contribution in [3.05, 3.63) is 34.9 Å². The van der Waals surface area contributed by atoms with E-state index in [1.807, 2.05) is 12.1 Å². The van der Waals surface area contributed by atoms with E-state index < -0.39 is 0 Å². The minimum atomic E-state index is -0.00655. The molecule has 1 fully saturated rings. The van der Waals surface area contributed by atoms with Crippen molar-refractivity contribution in [2.24, 2.45) is 11.7 Å². The Morgan fingerprint density at radius 2 is 2.05 bits per heavy atom. The number of unbranched alkanes of at least 4 members (excludes halogenated alkanes) is 1. The fourth-order valence-electron chi connectivity index (χ4n) is 3.26. The van der Waals surface area contributed by atoms with Crippen molar-refractivity contribution in [3.63, 3.8) is 0 Å². The fourth-order valence-corrected chi connectivity index (χ4v) is 3.48. The summed E-state index contributed by atoms with van der Waals surface area (Å²) >= 11 is 6.05. The average Bonchev–Trinajstić information content (AvgIpc) is 2.38. The third-order valence-corrected chi connectivity index (χ3v) is 4.75. The first-order valence-electron chi connectivity index (χ1n) is 7.65. The van der Waals surface area contributed by atoms with Crippen molar-refractivity contribution in [2.75, 3.05) is 0 Å². The Labute approximate surface area is 122 Å². The van der Waals surface area contributed by atoms with Gasteiger partial charge in [0.1, 0.15) is 0 Å². The molecule has 0 unspecified atom stereocenters. The van der Waals surface area contributed by atoms with Gasteiger partial charge in [0, 0.05) is 10.6 Å². The quantitative estimate of drug-likeness (QED) is 0.810. The largest absolute Gasteiger partial charge is 0.325 e. The van der Waals surface area contributed by atoms with Gasteiger partial charge in [-0.1, -0.05) is 49.9 Å². The molecule has 1 aromatic rings. The summed E-state index contributed by atoms with van der Waals surface area (Å²) < 4.78 is 0. The molecule has 0 aliphatic heterocycles. The minimum Gasteiger partial charge on any atom is -0.325 e. The van der Waals surface area contributed by atoms with Crippen molar-refractivity contribution in [1.82, 2.24) is 0 Å². The summed E-state index contributed by atoms with van der Waals surface area (Å²) in [5, 5.41) is 0.817. The zero-order valence-corrected chi connectivity index (χ0v) is 12.8. The normalized spacial score (nSPS) is 27.4. The Balaban J connectivity index is 1.87. The van der Waals surface area contributed by atoms with Crippen LogP contribution < -0.4 is 5.73 Å². The van der Waals surface area contributed by atoms with Gasteiger partial charge >= 0.3 is 0 Å². The maximum Gasteiger partial charge on any atom is 0.0408 e. The van der Waals surface area contributed by atoms with Crippen LogP contribution in [0.3, 0.4) is 0 Å². The van der Waals surface area contributed by atoms with Crippen molar-refractivity contribution in [3.8, 4) is 0 Å². The molecule has 1 aliphatic carbocycles. The minimum absolute atomic E-state index is 0.00655. The van der Waals surface area contributed by atoms with Gasteiger partial charge in [-0.05, 0) is 55.7 Å². The molecule has 1 aliphatic rings. The van der Waals surface area contributed by atoms with Crippen LogP contribution in [0.25, 0.3) is 0 Å². The van der Waals surface area contributed by atoms with Crippen LogP contribution in [-0.2, 0) is 6.42 Å². The van der Waals surface area contributed by atoms with Gasteiger partial charge in [0.25, 0.3) is 0 Å². The van der Waals surface area contributed by atoms with E-state index in [-0.39, 0.29) is 5.54 Å². The lowest BCUT2D eigenvalue weighted by Crippen LogP contribution is -2.45. The van der Waals surface area contributed by atoms with Crippen LogP contribution in [0.4, 0.5) is 0 Å². The molecule has 0 saturated heterocycles. The highest BCUT2D eigenvalue weighted by Gasteiger charge is 2.31. The second-order valence-corrected chi connectivity index (χ2v) is 6.69. The van der Waals surface area contributed by atoms with Crippen LogP contribution >= 0.6 is 11.6 Å². The first-order valence-corrected chi connectivity index (χ1v) is 8.02. The lowest BCUT2D eigenvalue weighted by atomic mass is 9.73. The third kappa shape index (κ3) is 4.50. The average molecular weight is 280 g/mol. The Hall–Kier alpha value is -0.530. The van der Waals surface area contributed by atoms with Crippen molar-refractivity contribution < 1.29 is 0 Å². The lowest BCUT2D eigenvalue weighted by molar-refractivity contribution is 0.221. The number of hydrogen-bond acceptors (Lipinski definition) is 1. The van der Waals surface area contributed by atoms with E-state index in [2.05, 4.69) is 19.1 Å². The highest BCUT2D eigenvalue weighted by atomic mass is 35.5. The maximum atomic E-state index is 6.59. The molecule has 0 aromatic heterocycles. The molecule has 0 atom stereocenters. The van der Waals surface area contributed by atoms with Crippen LogP contribution in [0, 0.1) is 5.92 Å². The highest BCUT2D eigenvalue weighted by Crippen LogP contribution is 2.35. The predicted octanol–water partition coefficient (Wildman–Crippen LogP) is 4.96. The monoisotopic (exact) mass is 279 g/mol. The highest BCUT2D eigenvalue weighted by molar-refractivity contribution is 6.30. The molecule has 0 bridgehead atoms. The molecule has 2 rings (SSSR count). The molecule has 1 saturated carbocycles. The molecule has 0 amide bonds. The van der Waals surface area contributed by atoms with Gasteiger partial charge in [-0.3, -0.25) is 0 Å². The fraction of sp³-hybridized carbons (Fsp3) is 0.647. The molecule has 0 radical (unpaired) electrons. The summed E-state index contributed by atoms with van der Waals surface area (Å²) in [5.74, 6) is 0.913. The molecule has 1 aromatic carbocycles. The van der Waals surface area contributed by atoms with Crippen LogP contribution in [0.1, 0.15) is 57.4 Å². The smallest absolute Gasteiger partial charge is 0.0408 e. The van der Waals surface area contributed by atoms with Crippen LogP contribution in [-0.4, -0.2) is 5.54 Å². The molecule has 19 heavy (non-hydrogen) atoms. The van der Waals surface area contributed by atoms with E-state index in [9.17, 15) is 0 Å². The van der Waals surface area contributed by atoms with Crippen molar-refractivity contribution in [1.29, 1.82) is 0 Å². The van der Waals surface area contributed by atoms with E-state index in [4.69, 9.17) is 17.3 Å². The van der Waals surface area contributed by atoms with E-state index in [0.29, 0.717) is 0 Å². The number of halogens is 1. The van der Waals surface area contributed by atoms with Gasteiger partial charge < -0.3 is 5.73 Å². The SMILES string of the molecule is CCCCC1CCC(N)(Cc2cccc(Cl)c2)CC1. The van der Waals surface area contributed by atoms with Crippen LogP contribution in [0.15, 0.2) is 24.3 Å². The standard InChI is InChI=1S/C17H26ClN/c1-2-3-5-14-8-10-17(19,11-9-14)13-15-6-4-7-16(18)12-15/h4,6-7,12,14H,2-3,5,8-11,13,19H2,1H3. The van der Waals surface area contributed by atoms with E-state index in [1.54, 1.807) is 0 Å². The summed E-state index contributed by atoms with van der Waals surface area (Å²) in [6.45, 7) is 2.27. The van der Waals surface area contributed by atoms with Gasteiger partial charge in [0.2, 0.25) is 0 Å². The molecule has 106 valence electrons. The van der Waals surface area contributed by atoms with E-state index >= 15 is 0 Å². The Kier molecular flexibility index (Phi) is 5.29. The molecule has 1 nitrogen and oxygen atoms in total. The number of hydrogen-bond donors (Lipinski definition) is 1. The number of nitrogens with two attached hydrogens (primary N) is 1. The molecule has 2 heteroatoms. The van der Waals surface area contributed by atoms with Gasteiger partial charge in [-0.25, -0.2) is 0 Å². The van der Waals surface area contributed by atoms with Crippen LogP contribution in [0.5, 0.6) is 0 Å². The molecule has 2 N–H and O–H groups in total. The molecule has 0 spiro atoms. The summed E-state index contributed by atoms with van der Waals surface area (Å²) in [5.41, 5.74) is 7.86. The number of rotatable bonds is 5. The summed E-state index contributed by atoms with van der Waals surface area (Å²) in [6, 6.07) is 8.15. The van der Waals surface area contributed by atoms with Gasteiger partial charge in [-0.15, -0.1) is 0 Å². The third-order valence-electron chi connectivity index (χ3n) is 4.51. The lowest BCUT2D eigenvalue weighted by Gasteiger charge is -2.37. The van der Waals surface area contributed by atoms with Gasteiger partial charge in [0.05, 0.1) is 0 Å². The summed E-state index contributed by atoms with van der Waals surface area (Å²) in [7, 11) is 0. The predicted molar refractivity (Wildman–Crippen MR) is 83.6 cm³/mol. The Morgan fingerprint density at radius 1 is 1.32 bits per heavy atom. The summed E-state index contributed by atoms with van der Waals surface area (Å²) in [4.78, 5) is 0. The molecule has 0 heterocycles. The topological polar surface area (TPSA) is 26.0 Å². The first-order chi connectivity index (χ1) is 9.11. The van der Waals surface area contributed by atoms with Crippen molar-refractivity contribution in [2.45, 2.75) is 63.8 Å². The van der Waals surface area contributed by atoms with Crippen LogP contribution in [0.2, 0.25) is 5.02 Å². The molecular formula is C17H26ClN. The molecular weight excluding hydrogens is 254 g/mol. The zero-order chi connectivity index (χ0) is 13.7. The van der Waals surface area contributed by atoms with Gasteiger partial charge in [0.15, 0.2) is 0 Å². The Morgan fingerprint density at radius 3 is 2.68 bits per heavy atom. The number of benzene rings is 1. The summed E-state index contributed by atoms with van der Waals surface area (Å²) in [6.07, 6.45) is 9.97. The zero-order valence-electron chi connectivity index (χ0n) is 12.0. The second kappa shape index (κ2) is 6.76. The van der Waals surface area contributed by atoms with Crippen molar-refractivity contribution >= 4 is 11.6 Å². The maximum absolute atomic E-state index is 6.59. The second-order valence-electron chi connectivity index (χ2n) is 6.25. The first kappa shape index (κ1) is 14.9. The van der Waals surface area contributed by atoms with Gasteiger partial charge in [-0.2, -0.15) is 0 Å². The Bertz CT molecular complexity index is 394. The van der Waals surface area contributed by atoms with E-state index in [1.165, 1.54) is 37.7 Å². The van der Waals surface area contributed by atoms with E-state index in [0.717, 1.165) is 30.2 Å².